The molecule has 0 fully saturated rings. The fourth-order valence-corrected chi connectivity index (χ4v) is 2.38. The number of sulfonamides is 1. The Morgan fingerprint density at radius 1 is 1.44 bits per heavy atom. The third kappa shape index (κ3) is 4.91. The Morgan fingerprint density at radius 3 is 2.72 bits per heavy atom. The fraction of sp³-hybridized carbons (Fsp3) is 0.455. The monoisotopic (exact) mass is 274 g/mol. The van der Waals surface area contributed by atoms with Gasteiger partial charge >= 0.3 is 0 Å². The summed E-state index contributed by atoms with van der Waals surface area (Å²) in [6, 6.07) is 6.37. The molecule has 102 valence electrons. The predicted octanol–water partition coefficient (Wildman–Crippen LogP) is -0.0522. The summed E-state index contributed by atoms with van der Waals surface area (Å²) in [5.74, 6) is 0.272. The van der Waals surface area contributed by atoms with Gasteiger partial charge in [-0.1, -0.05) is 12.1 Å². The molecule has 0 spiro atoms. The van der Waals surface area contributed by atoms with Crippen molar-refractivity contribution in [1.29, 1.82) is 0 Å². The molecular weight excluding hydrogens is 256 g/mol. The smallest absolute Gasteiger partial charge is 0.215 e. The van der Waals surface area contributed by atoms with Crippen molar-refractivity contribution in [2.45, 2.75) is 13.0 Å². The lowest BCUT2D eigenvalue weighted by Gasteiger charge is -2.12. The second-order valence-corrected chi connectivity index (χ2v) is 5.78. The van der Waals surface area contributed by atoms with Crippen LogP contribution in [-0.2, 0) is 10.0 Å². The molecule has 0 aliphatic rings. The number of nitrogen functional groups attached to an aromatic ring is 1. The van der Waals surface area contributed by atoms with Crippen molar-refractivity contribution in [3.63, 3.8) is 0 Å². The number of rotatable bonds is 7. The van der Waals surface area contributed by atoms with Gasteiger partial charge in [-0.2, -0.15) is 0 Å². The number of nitrogens with two attached hydrogens (primary N) is 1. The number of aliphatic hydroxyl groups excluding tert-OH is 1. The average molecular weight is 274 g/mol. The van der Waals surface area contributed by atoms with Crippen LogP contribution in [0.5, 0.6) is 5.75 Å². The highest BCUT2D eigenvalue weighted by molar-refractivity contribution is 7.89. The third-order valence-corrected chi connectivity index (χ3v) is 3.65. The first-order chi connectivity index (χ1) is 8.44. The normalized spacial score (nSPS) is 13.2. The van der Waals surface area contributed by atoms with Gasteiger partial charge in [0.1, 0.15) is 12.4 Å². The molecule has 0 aliphatic heterocycles. The number of benzene rings is 1. The zero-order chi connectivity index (χ0) is 13.6. The fourth-order valence-electron chi connectivity index (χ4n) is 1.28. The number of hydrogen-bond acceptors (Lipinski definition) is 5. The molecule has 0 heterocycles. The Hall–Kier alpha value is -1.31. The molecule has 1 atom stereocenters. The van der Waals surface area contributed by atoms with E-state index in [2.05, 4.69) is 4.72 Å². The SMILES string of the molecule is CC(CO)NS(=O)(=O)CCOc1ccccc1N. The molecule has 0 radical (unpaired) electrons. The number of para-hydroxylation sites is 2. The minimum Gasteiger partial charge on any atom is -0.490 e. The molecule has 1 rings (SSSR count). The summed E-state index contributed by atoms with van der Waals surface area (Å²) in [6.45, 7) is 1.33. The summed E-state index contributed by atoms with van der Waals surface area (Å²) < 4.78 is 30.7. The van der Waals surface area contributed by atoms with Gasteiger partial charge in [0.15, 0.2) is 0 Å². The van der Waals surface area contributed by atoms with Gasteiger partial charge in [0.05, 0.1) is 18.0 Å². The number of anilines is 1. The zero-order valence-electron chi connectivity index (χ0n) is 10.2. The van der Waals surface area contributed by atoms with Gasteiger partial charge in [-0.25, -0.2) is 13.1 Å². The van der Waals surface area contributed by atoms with E-state index in [1.807, 2.05) is 0 Å². The first-order valence-electron chi connectivity index (χ1n) is 5.53. The van der Waals surface area contributed by atoms with E-state index in [0.29, 0.717) is 11.4 Å². The lowest BCUT2D eigenvalue weighted by atomic mass is 10.3. The molecule has 0 bridgehead atoms. The lowest BCUT2D eigenvalue weighted by molar-refractivity contribution is 0.264. The van der Waals surface area contributed by atoms with Gasteiger partial charge in [-0.15, -0.1) is 0 Å². The Morgan fingerprint density at radius 2 is 2.11 bits per heavy atom. The summed E-state index contributed by atoms with van der Waals surface area (Å²) in [5, 5.41) is 8.76. The highest BCUT2D eigenvalue weighted by Crippen LogP contribution is 2.19. The second kappa shape index (κ2) is 6.58. The van der Waals surface area contributed by atoms with Crippen molar-refractivity contribution in [2.75, 3.05) is 24.7 Å². The van der Waals surface area contributed by atoms with Crippen LogP contribution >= 0.6 is 0 Å². The molecular formula is C11H18N2O4S. The highest BCUT2D eigenvalue weighted by atomic mass is 32.2. The van der Waals surface area contributed by atoms with Crippen LogP contribution in [0.25, 0.3) is 0 Å². The minimum atomic E-state index is -3.45. The number of nitrogens with one attached hydrogen (secondary N) is 1. The summed E-state index contributed by atoms with van der Waals surface area (Å²) in [5.41, 5.74) is 6.11. The van der Waals surface area contributed by atoms with Gasteiger partial charge in [-0.3, -0.25) is 0 Å². The van der Waals surface area contributed by atoms with Crippen molar-refractivity contribution in [2.24, 2.45) is 0 Å². The average Bonchev–Trinajstić information content (AvgIpc) is 2.30. The number of hydrogen-bond donors (Lipinski definition) is 3. The quantitative estimate of drug-likeness (QED) is 0.605. The maximum atomic E-state index is 11.5. The van der Waals surface area contributed by atoms with E-state index in [1.54, 1.807) is 31.2 Å². The van der Waals surface area contributed by atoms with E-state index in [9.17, 15) is 8.42 Å². The molecule has 7 heteroatoms. The van der Waals surface area contributed by atoms with Gasteiger partial charge in [0, 0.05) is 6.04 Å². The Balaban J connectivity index is 2.44. The molecule has 0 amide bonds. The molecule has 1 unspecified atom stereocenters. The summed E-state index contributed by atoms with van der Waals surface area (Å²) in [7, 11) is -3.45. The maximum Gasteiger partial charge on any atom is 0.215 e. The first kappa shape index (κ1) is 14.7. The van der Waals surface area contributed by atoms with E-state index in [0.717, 1.165) is 0 Å². The molecule has 0 saturated carbocycles. The molecule has 6 nitrogen and oxygen atoms in total. The summed E-state index contributed by atoms with van der Waals surface area (Å²) >= 11 is 0. The van der Waals surface area contributed by atoms with E-state index >= 15 is 0 Å². The summed E-state index contributed by atoms with van der Waals surface area (Å²) in [6.07, 6.45) is 0. The van der Waals surface area contributed by atoms with Crippen LogP contribution in [-0.4, -0.2) is 38.5 Å². The van der Waals surface area contributed by atoms with E-state index in [1.165, 1.54) is 0 Å². The molecule has 0 saturated heterocycles. The van der Waals surface area contributed by atoms with Crippen molar-refractivity contribution < 1.29 is 18.3 Å². The third-order valence-electron chi connectivity index (χ3n) is 2.18. The Kier molecular flexibility index (Phi) is 5.39. The van der Waals surface area contributed by atoms with Gasteiger partial charge in [-0.05, 0) is 19.1 Å². The summed E-state index contributed by atoms with van der Waals surface area (Å²) in [4.78, 5) is 0. The predicted molar refractivity (Wildman–Crippen MR) is 69.8 cm³/mol. The Bertz CT molecular complexity index is 476. The van der Waals surface area contributed by atoms with Crippen molar-refractivity contribution in [3.8, 4) is 5.75 Å². The van der Waals surface area contributed by atoms with Gasteiger partial charge in [0.2, 0.25) is 10.0 Å². The van der Waals surface area contributed by atoms with Crippen LogP contribution in [0.4, 0.5) is 5.69 Å². The molecule has 0 aliphatic carbocycles. The first-order valence-corrected chi connectivity index (χ1v) is 7.18. The number of ether oxygens (including phenoxy) is 1. The largest absolute Gasteiger partial charge is 0.490 e. The van der Waals surface area contributed by atoms with E-state index < -0.39 is 16.1 Å². The maximum absolute atomic E-state index is 11.5. The molecule has 18 heavy (non-hydrogen) atoms. The van der Waals surface area contributed by atoms with Gasteiger partial charge < -0.3 is 15.6 Å². The second-order valence-electron chi connectivity index (χ2n) is 3.91. The molecule has 1 aromatic rings. The van der Waals surface area contributed by atoms with Gasteiger partial charge in [0.25, 0.3) is 0 Å². The van der Waals surface area contributed by atoms with Crippen LogP contribution in [0.15, 0.2) is 24.3 Å². The Labute approximate surface area is 107 Å². The zero-order valence-corrected chi connectivity index (χ0v) is 11.0. The molecule has 4 N–H and O–H groups in total. The topological polar surface area (TPSA) is 102 Å². The standard InChI is InChI=1S/C11H18N2O4S/c1-9(8-14)13-18(15,16)7-6-17-11-5-3-2-4-10(11)12/h2-5,9,13-14H,6-8,12H2,1H3. The van der Waals surface area contributed by atoms with Crippen molar-refractivity contribution >= 4 is 15.7 Å². The van der Waals surface area contributed by atoms with Crippen LogP contribution in [0.2, 0.25) is 0 Å². The van der Waals surface area contributed by atoms with Crippen LogP contribution in [0.3, 0.4) is 0 Å². The molecule has 0 aromatic heterocycles. The van der Waals surface area contributed by atoms with E-state index in [-0.39, 0.29) is 19.0 Å². The highest BCUT2D eigenvalue weighted by Gasteiger charge is 2.14. The van der Waals surface area contributed by atoms with Crippen LogP contribution < -0.4 is 15.2 Å². The van der Waals surface area contributed by atoms with Crippen LogP contribution in [0, 0.1) is 0 Å². The van der Waals surface area contributed by atoms with Crippen molar-refractivity contribution in [1.82, 2.24) is 4.72 Å². The minimum absolute atomic E-state index is 0.00168. The van der Waals surface area contributed by atoms with E-state index in [4.69, 9.17) is 15.6 Å². The van der Waals surface area contributed by atoms with Crippen molar-refractivity contribution in [3.05, 3.63) is 24.3 Å². The lowest BCUT2D eigenvalue weighted by Crippen LogP contribution is -2.37. The van der Waals surface area contributed by atoms with Crippen LogP contribution in [0.1, 0.15) is 6.92 Å². The number of aliphatic hydroxyl groups is 1. The molecule has 1 aromatic carbocycles.